The molecule has 15 rings (SSSR count). The van der Waals surface area contributed by atoms with E-state index in [4.69, 9.17) is 0 Å². The van der Waals surface area contributed by atoms with Crippen LogP contribution in [0.4, 0.5) is 51.2 Å². The van der Waals surface area contributed by atoms with Crippen molar-refractivity contribution in [2.45, 2.75) is 285 Å². The fourth-order valence-corrected chi connectivity index (χ4v) is 19.9. The molecule has 0 aromatic heterocycles. The molecule has 8 aromatic carbocycles. The van der Waals surface area contributed by atoms with Gasteiger partial charge in [0.15, 0.2) is 0 Å². The second kappa shape index (κ2) is 20.2. The van der Waals surface area contributed by atoms with Crippen LogP contribution in [0.5, 0.6) is 0 Å². The number of rotatable bonds is 5. The van der Waals surface area contributed by atoms with E-state index < -0.39 is 0 Å². The van der Waals surface area contributed by atoms with E-state index in [1.54, 1.807) is 5.56 Å². The summed E-state index contributed by atoms with van der Waals surface area (Å²) >= 11 is 0. The number of fused-ring (bicyclic) bond motifs is 11. The monoisotopic (exact) mass is 1270 g/mol. The molecule has 0 unspecified atom stereocenters. The maximum Gasteiger partial charge on any atom is 0.252 e. The van der Waals surface area contributed by atoms with Crippen molar-refractivity contribution in [3.8, 4) is 11.1 Å². The lowest BCUT2D eigenvalue weighted by molar-refractivity contribution is 0.331. The number of anilines is 9. The zero-order valence-corrected chi connectivity index (χ0v) is 63.9. The normalized spacial score (nSPS) is 20.8. The highest BCUT2D eigenvalue weighted by molar-refractivity contribution is 7.00. The van der Waals surface area contributed by atoms with E-state index in [0.717, 1.165) is 36.3 Å². The largest absolute Gasteiger partial charge is 0.311 e. The van der Waals surface area contributed by atoms with Crippen molar-refractivity contribution in [2.75, 3.05) is 14.7 Å². The molecule has 0 amide bonds. The standard InChI is InChI=1S/C92H112BN3/c1-54-41-65-70(88(17,18)39-35-84(65,9)10)50-75(54)95-77-46-62-61-45-67-68(87(15,16)38-37-86(67,13)14)47-63(61)92(25,26)64(62)48-73(77)93-74-49-69-72(91(23,24)53-90(69,21)22)52-78(74)96(76-51-71-66(42-55(76)2)85(11,12)36-40-89(71,19)20)80-44-60(43-79(95)81(80)93)94(58-31-27-56(28-32-58)82(3,4)5)59-33-29-57(30-34-59)83(6,7)8/h27-34,41-52H,35-40,53H2,1-26H3. The fraction of sp³-hybridized carbons (Fsp3) is 0.478. The van der Waals surface area contributed by atoms with E-state index >= 15 is 0 Å². The molecule has 3 nitrogen and oxygen atoms in total. The average molecular weight is 1270 g/mol. The van der Waals surface area contributed by atoms with Crippen LogP contribution in [0.25, 0.3) is 11.1 Å². The Balaban J connectivity index is 1.13. The lowest BCUT2D eigenvalue weighted by atomic mass is 9.33. The van der Waals surface area contributed by atoms with Crippen molar-refractivity contribution < 1.29 is 0 Å². The molecule has 0 N–H and O–H groups in total. The quantitative estimate of drug-likeness (QED) is 0.159. The number of nitrogens with zero attached hydrogens (tertiary/aromatic N) is 3. The maximum atomic E-state index is 2.83. The van der Waals surface area contributed by atoms with E-state index in [1.165, 1.54) is 160 Å². The van der Waals surface area contributed by atoms with Crippen LogP contribution in [0.3, 0.4) is 0 Å². The first-order chi connectivity index (χ1) is 44.3. The van der Waals surface area contributed by atoms with Crippen molar-refractivity contribution in [2.24, 2.45) is 0 Å². The summed E-state index contributed by atoms with van der Waals surface area (Å²) in [6.07, 6.45) is 8.10. The van der Waals surface area contributed by atoms with Gasteiger partial charge in [-0.2, -0.15) is 0 Å². The molecule has 96 heavy (non-hydrogen) atoms. The molecule has 0 bridgehead atoms. The average Bonchev–Trinajstić information content (AvgIpc) is 1.06. The minimum Gasteiger partial charge on any atom is -0.311 e. The van der Waals surface area contributed by atoms with E-state index in [2.05, 4.69) is 316 Å². The van der Waals surface area contributed by atoms with Gasteiger partial charge in [0, 0.05) is 50.9 Å². The molecule has 5 aliphatic carbocycles. The predicted molar refractivity (Wildman–Crippen MR) is 416 cm³/mol. The van der Waals surface area contributed by atoms with Crippen LogP contribution >= 0.6 is 0 Å². The van der Waals surface area contributed by atoms with Crippen LogP contribution in [0, 0.1) is 13.8 Å². The van der Waals surface area contributed by atoms with Gasteiger partial charge < -0.3 is 14.7 Å². The smallest absolute Gasteiger partial charge is 0.252 e. The molecule has 0 radical (unpaired) electrons. The molecule has 8 aromatic rings. The first kappa shape index (κ1) is 65.2. The van der Waals surface area contributed by atoms with Crippen molar-refractivity contribution in [3.63, 3.8) is 0 Å². The summed E-state index contributed by atoms with van der Waals surface area (Å²) in [4.78, 5) is 8.25. The molecular formula is C92H112BN3. The minimum atomic E-state index is -0.249. The van der Waals surface area contributed by atoms with Crippen molar-refractivity contribution >= 4 is 74.3 Å². The molecule has 498 valence electrons. The third-order valence-corrected chi connectivity index (χ3v) is 26.4. The number of hydrogen-bond donors (Lipinski definition) is 0. The lowest BCUT2D eigenvalue weighted by Gasteiger charge is -2.48. The van der Waals surface area contributed by atoms with Crippen LogP contribution in [0.2, 0.25) is 0 Å². The van der Waals surface area contributed by atoms with Crippen molar-refractivity contribution in [3.05, 3.63) is 199 Å². The third-order valence-electron chi connectivity index (χ3n) is 26.4. The van der Waals surface area contributed by atoms with Gasteiger partial charge in [-0.15, -0.1) is 0 Å². The Kier molecular flexibility index (Phi) is 13.7. The van der Waals surface area contributed by atoms with Gasteiger partial charge in [-0.3, -0.25) is 0 Å². The highest BCUT2D eigenvalue weighted by Crippen LogP contribution is 2.60. The summed E-state index contributed by atoms with van der Waals surface area (Å²) in [6.45, 7) is 64.1. The molecule has 0 spiro atoms. The third kappa shape index (κ3) is 9.58. The summed E-state index contributed by atoms with van der Waals surface area (Å²) in [5, 5.41) is 0. The van der Waals surface area contributed by atoms with E-state index in [9.17, 15) is 0 Å². The number of hydrogen-bond acceptors (Lipinski definition) is 3. The molecular weight excluding hydrogens is 1160 g/mol. The minimum absolute atomic E-state index is 0.00743. The van der Waals surface area contributed by atoms with Gasteiger partial charge in [-0.1, -0.05) is 221 Å². The topological polar surface area (TPSA) is 9.72 Å². The molecule has 0 saturated carbocycles. The van der Waals surface area contributed by atoms with Gasteiger partial charge in [-0.25, -0.2) is 0 Å². The summed E-state index contributed by atoms with van der Waals surface area (Å²) in [6, 6.07) is 51.5. The Morgan fingerprint density at radius 1 is 0.312 bits per heavy atom. The van der Waals surface area contributed by atoms with Crippen molar-refractivity contribution in [1.82, 2.24) is 0 Å². The lowest BCUT2D eigenvalue weighted by Crippen LogP contribution is -2.62. The predicted octanol–water partition coefficient (Wildman–Crippen LogP) is 23.8. The molecule has 0 atom stereocenters. The SMILES string of the molecule is Cc1cc2c(cc1N1c3cc4c(cc3B3c5cc6c(cc5N(c5cc7c(cc5C)C(C)(C)CCC7(C)C)c5cc(N(c7ccc(C(C)(C)C)cc7)c7ccc(C(C)(C)C)cc7)cc1c53)C(C)(C)CC6(C)C)C(C)(C)c1cc3c(cc1-4)C(C)(C)CCC3(C)C)C(C)(C)CCC2(C)C. The number of benzene rings is 8. The summed E-state index contributed by atoms with van der Waals surface area (Å²) in [5.74, 6) is 0. The van der Waals surface area contributed by atoms with E-state index in [0.29, 0.717) is 0 Å². The molecule has 2 heterocycles. The highest BCUT2D eigenvalue weighted by Gasteiger charge is 2.52. The molecule has 0 fully saturated rings. The van der Waals surface area contributed by atoms with Gasteiger partial charge in [0.2, 0.25) is 0 Å². The van der Waals surface area contributed by atoms with Crippen molar-refractivity contribution in [1.29, 1.82) is 0 Å². The van der Waals surface area contributed by atoms with E-state index in [1.807, 2.05) is 0 Å². The van der Waals surface area contributed by atoms with Gasteiger partial charge in [0.1, 0.15) is 0 Å². The Morgan fingerprint density at radius 3 is 1.03 bits per heavy atom. The second-order valence-electron chi connectivity index (χ2n) is 39.5. The second-order valence-corrected chi connectivity index (χ2v) is 39.5. The van der Waals surface area contributed by atoms with E-state index in [-0.39, 0.29) is 66.3 Å². The Hall–Kier alpha value is -6.78. The van der Waals surface area contributed by atoms with Gasteiger partial charge >= 0.3 is 0 Å². The van der Waals surface area contributed by atoms with Crippen LogP contribution < -0.4 is 31.1 Å². The summed E-state index contributed by atoms with van der Waals surface area (Å²) in [5.41, 5.74) is 38.4. The zero-order valence-electron chi connectivity index (χ0n) is 63.9. The molecule has 4 heteroatoms. The Morgan fingerprint density at radius 2 is 0.625 bits per heavy atom. The number of aryl methyl sites for hydroxylation is 2. The first-order valence-electron chi connectivity index (χ1n) is 37.0. The van der Waals surface area contributed by atoms with Gasteiger partial charge in [0.25, 0.3) is 6.71 Å². The Labute approximate surface area is 580 Å². The Bertz CT molecular complexity index is 4570. The molecule has 0 saturated heterocycles. The summed E-state index contributed by atoms with van der Waals surface area (Å²) < 4.78 is 0. The maximum absolute atomic E-state index is 2.83. The fourth-order valence-electron chi connectivity index (χ4n) is 19.9. The first-order valence-corrected chi connectivity index (χ1v) is 37.0. The van der Waals surface area contributed by atoms with Crippen LogP contribution in [-0.4, -0.2) is 6.71 Å². The van der Waals surface area contributed by atoms with Gasteiger partial charge in [-0.05, 0) is 285 Å². The van der Waals surface area contributed by atoms with Crippen LogP contribution in [0.15, 0.2) is 121 Å². The van der Waals surface area contributed by atoms with Gasteiger partial charge in [0.05, 0.1) is 5.69 Å². The molecule has 2 aliphatic heterocycles. The highest BCUT2D eigenvalue weighted by atomic mass is 15.2. The molecule has 7 aliphatic rings. The van der Waals surface area contributed by atoms with Crippen LogP contribution in [0.1, 0.15) is 289 Å². The summed E-state index contributed by atoms with van der Waals surface area (Å²) in [7, 11) is 0. The van der Waals surface area contributed by atoms with Crippen LogP contribution in [-0.2, 0) is 59.6 Å². The zero-order chi connectivity index (χ0) is 69.1.